The maximum Gasteiger partial charge on any atom is 0.264 e. The molecule has 0 unspecified atom stereocenters. The number of sulfonamides is 1. The number of aryl methyl sites for hydroxylation is 1. The van der Waals surface area contributed by atoms with E-state index in [1.165, 1.54) is 31.2 Å². The Labute approximate surface area is 192 Å². The SMILES string of the molecule is COc1ccccc1N(C)S(=O)(=O)c1ccc(C)c(C(=O)N2CC(=O)Nc3ccccc32)c1. The van der Waals surface area contributed by atoms with Crippen molar-refractivity contribution in [1.82, 2.24) is 0 Å². The Morgan fingerprint density at radius 3 is 2.52 bits per heavy atom. The number of hydrogen-bond donors (Lipinski definition) is 1. The van der Waals surface area contributed by atoms with Gasteiger partial charge in [0.1, 0.15) is 12.3 Å². The fourth-order valence-electron chi connectivity index (χ4n) is 3.73. The van der Waals surface area contributed by atoms with Gasteiger partial charge in [-0.15, -0.1) is 0 Å². The van der Waals surface area contributed by atoms with Crippen molar-refractivity contribution < 1.29 is 22.7 Å². The number of para-hydroxylation sites is 4. The Morgan fingerprint density at radius 1 is 1.06 bits per heavy atom. The van der Waals surface area contributed by atoms with Gasteiger partial charge in [0.05, 0.1) is 29.1 Å². The summed E-state index contributed by atoms with van der Waals surface area (Å²) in [6, 6.07) is 18.2. The van der Waals surface area contributed by atoms with Gasteiger partial charge in [-0.1, -0.05) is 30.3 Å². The lowest BCUT2D eigenvalue weighted by Gasteiger charge is -2.29. The van der Waals surface area contributed by atoms with Crippen molar-refractivity contribution in [3.8, 4) is 5.75 Å². The Kier molecular flexibility index (Phi) is 5.82. The smallest absolute Gasteiger partial charge is 0.264 e. The van der Waals surface area contributed by atoms with Crippen molar-refractivity contribution in [3.63, 3.8) is 0 Å². The average Bonchev–Trinajstić information content (AvgIpc) is 2.82. The maximum absolute atomic E-state index is 13.5. The van der Waals surface area contributed by atoms with E-state index in [1.54, 1.807) is 61.5 Å². The molecule has 1 N–H and O–H groups in total. The summed E-state index contributed by atoms with van der Waals surface area (Å²) in [4.78, 5) is 27.0. The van der Waals surface area contributed by atoms with Crippen molar-refractivity contribution in [1.29, 1.82) is 0 Å². The zero-order valence-corrected chi connectivity index (χ0v) is 19.2. The van der Waals surface area contributed by atoms with Gasteiger partial charge in [-0.3, -0.25) is 18.8 Å². The van der Waals surface area contributed by atoms with E-state index >= 15 is 0 Å². The molecular formula is C24H23N3O5S. The highest BCUT2D eigenvalue weighted by Crippen LogP contribution is 2.33. The van der Waals surface area contributed by atoms with Gasteiger partial charge in [0, 0.05) is 12.6 Å². The van der Waals surface area contributed by atoms with Gasteiger partial charge in [-0.2, -0.15) is 0 Å². The topological polar surface area (TPSA) is 96.0 Å². The number of methoxy groups -OCH3 is 1. The number of rotatable bonds is 5. The maximum atomic E-state index is 13.5. The first kappa shape index (κ1) is 22.3. The predicted molar refractivity (Wildman–Crippen MR) is 127 cm³/mol. The third-order valence-corrected chi connectivity index (χ3v) is 7.31. The van der Waals surface area contributed by atoms with Crippen LogP contribution in [0.5, 0.6) is 5.75 Å². The Hall–Kier alpha value is -3.85. The number of benzene rings is 3. The number of carbonyl (C=O) groups is 2. The van der Waals surface area contributed by atoms with Crippen LogP contribution in [0.25, 0.3) is 0 Å². The van der Waals surface area contributed by atoms with Crippen LogP contribution < -0.4 is 19.3 Å². The highest BCUT2D eigenvalue weighted by Gasteiger charge is 2.30. The molecule has 0 atom stereocenters. The summed E-state index contributed by atoms with van der Waals surface area (Å²) in [6.07, 6.45) is 0. The van der Waals surface area contributed by atoms with Crippen LogP contribution in [0.4, 0.5) is 17.1 Å². The number of hydrogen-bond acceptors (Lipinski definition) is 5. The predicted octanol–water partition coefficient (Wildman–Crippen LogP) is 3.43. The first-order chi connectivity index (χ1) is 15.7. The van der Waals surface area contributed by atoms with Crippen molar-refractivity contribution in [2.24, 2.45) is 0 Å². The standard InChI is InChI=1S/C24H23N3O5S/c1-16-12-13-17(33(30,31)26(2)21-10-6-7-11-22(21)32-3)14-18(16)24(29)27-15-23(28)25-19-8-4-5-9-20(19)27/h4-14H,15H2,1-3H3,(H,25,28). The summed E-state index contributed by atoms with van der Waals surface area (Å²) < 4.78 is 33.2. The Bertz CT molecular complexity index is 1350. The third kappa shape index (κ3) is 4.03. The molecule has 0 bridgehead atoms. The number of anilines is 3. The van der Waals surface area contributed by atoms with Gasteiger partial charge in [0.15, 0.2) is 0 Å². The molecule has 1 aliphatic rings. The minimum Gasteiger partial charge on any atom is -0.495 e. The van der Waals surface area contributed by atoms with E-state index in [-0.39, 0.29) is 22.9 Å². The number of nitrogens with one attached hydrogen (secondary N) is 1. The summed E-state index contributed by atoms with van der Waals surface area (Å²) in [7, 11) is -1.10. The van der Waals surface area contributed by atoms with Crippen LogP contribution in [0.2, 0.25) is 0 Å². The van der Waals surface area contributed by atoms with E-state index in [0.29, 0.717) is 28.4 Å². The molecule has 1 aliphatic heterocycles. The second-order valence-electron chi connectivity index (χ2n) is 7.58. The summed E-state index contributed by atoms with van der Waals surface area (Å²) in [5.74, 6) is -0.367. The minimum absolute atomic E-state index is 0.0420. The molecule has 0 saturated heterocycles. The number of carbonyl (C=O) groups excluding carboxylic acids is 2. The van der Waals surface area contributed by atoms with E-state index in [0.717, 1.165) is 4.31 Å². The monoisotopic (exact) mass is 465 g/mol. The number of nitrogens with zero attached hydrogens (tertiary/aromatic N) is 2. The van der Waals surface area contributed by atoms with Crippen LogP contribution in [-0.4, -0.2) is 40.9 Å². The first-order valence-corrected chi connectivity index (χ1v) is 11.6. The van der Waals surface area contributed by atoms with E-state index in [4.69, 9.17) is 4.74 Å². The second kappa shape index (κ2) is 8.59. The van der Waals surface area contributed by atoms with Crippen molar-refractivity contribution in [2.45, 2.75) is 11.8 Å². The fraction of sp³-hybridized carbons (Fsp3) is 0.167. The lowest BCUT2D eigenvalue weighted by atomic mass is 10.1. The quantitative estimate of drug-likeness (QED) is 0.623. The van der Waals surface area contributed by atoms with Gasteiger partial charge in [-0.25, -0.2) is 8.42 Å². The van der Waals surface area contributed by atoms with E-state index in [9.17, 15) is 18.0 Å². The normalized spacial score (nSPS) is 13.2. The molecule has 0 saturated carbocycles. The van der Waals surface area contributed by atoms with Crippen molar-refractivity contribution in [2.75, 3.05) is 35.2 Å². The Morgan fingerprint density at radius 2 is 1.76 bits per heavy atom. The largest absolute Gasteiger partial charge is 0.495 e. The zero-order chi connectivity index (χ0) is 23.8. The molecule has 170 valence electrons. The second-order valence-corrected chi connectivity index (χ2v) is 9.55. The fourth-order valence-corrected chi connectivity index (χ4v) is 4.96. The zero-order valence-electron chi connectivity index (χ0n) is 18.4. The van der Waals surface area contributed by atoms with Gasteiger partial charge >= 0.3 is 0 Å². The summed E-state index contributed by atoms with van der Waals surface area (Å²) >= 11 is 0. The van der Waals surface area contributed by atoms with Crippen LogP contribution >= 0.6 is 0 Å². The molecule has 3 aromatic carbocycles. The van der Waals surface area contributed by atoms with Gasteiger partial charge in [0.25, 0.3) is 15.9 Å². The molecule has 1 heterocycles. The number of ether oxygens (including phenoxy) is 1. The highest BCUT2D eigenvalue weighted by molar-refractivity contribution is 7.92. The molecule has 0 spiro atoms. The van der Waals surface area contributed by atoms with Gasteiger partial charge in [-0.05, 0) is 48.9 Å². The number of fused-ring (bicyclic) bond motifs is 1. The van der Waals surface area contributed by atoms with Crippen molar-refractivity contribution >= 4 is 38.9 Å². The van der Waals surface area contributed by atoms with E-state index in [2.05, 4.69) is 5.32 Å². The first-order valence-electron chi connectivity index (χ1n) is 10.2. The average molecular weight is 466 g/mol. The van der Waals surface area contributed by atoms with Crippen LogP contribution in [0.15, 0.2) is 71.6 Å². The molecular weight excluding hydrogens is 442 g/mol. The van der Waals surface area contributed by atoms with Crippen LogP contribution in [0.3, 0.4) is 0 Å². The molecule has 8 nitrogen and oxygen atoms in total. The molecule has 2 amide bonds. The van der Waals surface area contributed by atoms with Gasteiger partial charge < -0.3 is 10.1 Å². The van der Waals surface area contributed by atoms with Gasteiger partial charge in [0.2, 0.25) is 5.91 Å². The van der Waals surface area contributed by atoms with Crippen LogP contribution in [-0.2, 0) is 14.8 Å². The highest BCUT2D eigenvalue weighted by atomic mass is 32.2. The summed E-state index contributed by atoms with van der Waals surface area (Å²) in [6.45, 7) is 1.57. The molecule has 0 aromatic heterocycles. The number of amides is 2. The van der Waals surface area contributed by atoms with Crippen LogP contribution in [0, 0.1) is 6.92 Å². The molecule has 0 radical (unpaired) electrons. The lowest BCUT2D eigenvalue weighted by Crippen LogP contribution is -2.42. The van der Waals surface area contributed by atoms with Crippen LogP contribution in [0.1, 0.15) is 15.9 Å². The summed E-state index contributed by atoms with van der Waals surface area (Å²) in [5, 5.41) is 2.74. The molecule has 4 rings (SSSR count). The molecule has 0 fully saturated rings. The summed E-state index contributed by atoms with van der Waals surface area (Å²) in [5.41, 5.74) is 2.26. The minimum atomic E-state index is -4.00. The molecule has 9 heteroatoms. The van der Waals surface area contributed by atoms with E-state index in [1.807, 2.05) is 0 Å². The molecule has 0 aliphatic carbocycles. The van der Waals surface area contributed by atoms with E-state index < -0.39 is 15.9 Å². The third-order valence-electron chi connectivity index (χ3n) is 5.54. The molecule has 33 heavy (non-hydrogen) atoms. The van der Waals surface area contributed by atoms with Crippen molar-refractivity contribution in [3.05, 3.63) is 77.9 Å². The Balaban J connectivity index is 1.74. The lowest BCUT2D eigenvalue weighted by molar-refractivity contribution is -0.115. The molecule has 3 aromatic rings.